The molecule has 0 radical (unpaired) electrons. The highest BCUT2D eigenvalue weighted by Gasteiger charge is 2.38. The van der Waals surface area contributed by atoms with Gasteiger partial charge in [0, 0.05) is 18.7 Å². The quantitative estimate of drug-likeness (QED) is 0.876. The molecule has 128 valence electrons. The number of nitrogens with one attached hydrogen (secondary N) is 1. The van der Waals surface area contributed by atoms with Crippen molar-refractivity contribution in [1.29, 1.82) is 0 Å². The molecule has 2 aliphatic heterocycles. The molecule has 2 heterocycles. The maximum absolute atomic E-state index is 9.61. The van der Waals surface area contributed by atoms with Crippen LogP contribution in [-0.2, 0) is 13.2 Å². The number of aliphatic hydroxyl groups is 1. The van der Waals surface area contributed by atoms with E-state index in [-0.39, 0.29) is 12.7 Å². The molecule has 1 aromatic rings. The molecule has 0 atom stereocenters. The zero-order valence-electron chi connectivity index (χ0n) is 14.5. The number of likely N-dealkylation sites (tertiary alicyclic amines) is 1. The number of rotatable bonds is 5. The molecular formula is C19H30N2O2. The van der Waals surface area contributed by atoms with Crippen LogP contribution in [0.15, 0.2) is 18.2 Å². The average Bonchev–Trinajstić information content (AvgIpc) is 2.91. The minimum atomic E-state index is 0.0332. The summed E-state index contributed by atoms with van der Waals surface area (Å²) < 4.78 is 5.77. The number of aliphatic hydroxyl groups excluding tert-OH is 1. The van der Waals surface area contributed by atoms with Crippen LogP contribution in [0.25, 0.3) is 0 Å². The number of ether oxygens (including phenoxy) is 1. The average molecular weight is 318 g/mol. The molecule has 3 rings (SSSR count). The molecule has 4 nitrogen and oxygen atoms in total. The highest BCUT2D eigenvalue weighted by atomic mass is 16.5. The van der Waals surface area contributed by atoms with Gasteiger partial charge in [-0.1, -0.05) is 6.07 Å². The van der Waals surface area contributed by atoms with Gasteiger partial charge < -0.3 is 15.2 Å². The van der Waals surface area contributed by atoms with E-state index >= 15 is 0 Å². The zero-order chi connectivity index (χ0) is 16.3. The van der Waals surface area contributed by atoms with Crippen LogP contribution in [0.3, 0.4) is 0 Å². The first-order valence-corrected chi connectivity index (χ1v) is 8.93. The molecule has 1 aromatic carbocycles. The van der Waals surface area contributed by atoms with Gasteiger partial charge in [-0.25, -0.2) is 0 Å². The molecule has 0 amide bonds. The lowest BCUT2D eigenvalue weighted by Gasteiger charge is -2.34. The molecule has 2 N–H and O–H groups in total. The molecule has 2 aliphatic rings. The van der Waals surface area contributed by atoms with Crippen molar-refractivity contribution in [1.82, 2.24) is 10.2 Å². The molecule has 0 aliphatic carbocycles. The van der Waals surface area contributed by atoms with Crippen molar-refractivity contribution in [2.45, 2.75) is 52.4 Å². The summed E-state index contributed by atoms with van der Waals surface area (Å²) in [5.74, 6) is 0.808. The van der Waals surface area contributed by atoms with E-state index in [4.69, 9.17) is 4.74 Å². The summed E-state index contributed by atoms with van der Waals surface area (Å²) in [6.07, 6.45) is 4.08. The van der Waals surface area contributed by atoms with Crippen molar-refractivity contribution >= 4 is 0 Å². The van der Waals surface area contributed by atoms with Crippen LogP contribution in [0.2, 0.25) is 0 Å². The fourth-order valence-electron chi connectivity index (χ4n) is 4.01. The lowest BCUT2D eigenvalue weighted by Crippen LogP contribution is -2.38. The predicted octanol–water partition coefficient (Wildman–Crippen LogP) is 2.54. The summed E-state index contributed by atoms with van der Waals surface area (Å²) in [5, 5.41) is 13.1. The van der Waals surface area contributed by atoms with E-state index in [2.05, 4.69) is 22.3 Å². The third kappa shape index (κ3) is 4.06. The SMILES string of the molecule is CC(C)Oc1ccc(CN2CCC3(CCNCC3)C2)cc1CO. The highest BCUT2D eigenvalue weighted by Crippen LogP contribution is 2.39. The van der Waals surface area contributed by atoms with Crippen LogP contribution in [0.1, 0.15) is 44.2 Å². The molecule has 2 saturated heterocycles. The Morgan fingerprint density at radius 2 is 2.04 bits per heavy atom. The van der Waals surface area contributed by atoms with Crippen molar-refractivity contribution < 1.29 is 9.84 Å². The maximum atomic E-state index is 9.61. The molecular weight excluding hydrogens is 288 g/mol. The molecule has 0 unspecified atom stereocenters. The number of benzene rings is 1. The lowest BCUT2D eigenvalue weighted by atomic mass is 9.78. The van der Waals surface area contributed by atoms with Gasteiger partial charge in [0.2, 0.25) is 0 Å². The molecule has 0 saturated carbocycles. The molecule has 4 heteroatoms. The predicted molar refractivity (Wildman–Crippen MR) is 92.6 cm³/mol. The summed E-state index contributed by atoms with van der Waals surface area (Å²) in [7, 11) is 0. The van der Waals surface area contributed by atoms with E-state index in [0.717, 1.165) is 17.9 Å². The minimum Gasteiger partial charge on any atom is -0.491 e. The highest BCUT2D eigenvalue weighted by molar-refractivity contribution is 5.37. The van der Waals surface area contributed by atoms with Gasteiger partial charge >= 0.3 is 0 Å². The molecule has 0 bridgehead atoms. The van der Waals surface area contributed by atoms with Crippen LogP contribution in [0, 0.1) is 5.41 Å². The van der Waals surface area contributed by atoms with E-state index < -0.39 is 0 Å². The van der Waals surface area contributed by atoms with E-state index in [1.807, 2.05) is 19.9 Å². The van der Waals surface area contributed by atoms with Gasteiger partial charge in [-0.3, -0.25) is 4.90 Å². The van der Waals surface area contributed by atoms with Gasteiger partial charge in [-0.2, -0.15) is 0 Å². The Bertz CT molecular complexity index is 524. The van der Waals surface area contributed by atoms with Crippen molar-refractivity contribution in [2.24, 2.45) is 5.41 Å². The van der Waals surface area contributed by atoms with Crippen LogP contribution in [0.4, 0.5) is 0 Å². The number of nitrogens with zero attached hydrogens (tertiary/aromatic N) is 1. The van der Waals surface area contributed by atoms with E-state index in [1.54, 1.807) is 0 Å². The first-order chi connectivity index (χ1) is 11.1. The van der Waals surface area contributed by atoms with Gasteiger partial charge in [0.15, 0.2) is 0 Å². The molecule has 0 aromatic heterocycles. The fourth-order valence-corrected chi connectivity index (χ4v) is 4.01. The minimum absolute atomic E-state index is 0.0332. The molecule has 23 heavy (non-hydrogen) atoms. The zero-order valence-corrected chi connectivity index (χ0v) is 14.5. The van der Waals surface area contributed by atoms with Gasteiger partial charge in [0.25, 0.3) is 0 Å². The topological polar surface area (TPSA) is 44.7 Å². The summed E-state index contributed by atoms with van der Waals surface area (Å²) >= 11 is 0. The van der Waals surface area contributed by atoms with Crippen LogP contribution in [0.5, 0.6) is 5.75 Å². The number of hydrogen-bond acceptors (Lipinski definition) is 4. The second-order valence-corrected chi connectivity index (χ2v) is 7.48. The first kappa shape index (κ1) is 16.7. The summed E-state index contributed by atoms with van der Waals surface area (Å²) in [4.78, 5) is 2.57. The van der Waals surface area contributed by atoms with Gasteiger partial charge in [0.05, 0.1) is 12.7 Å². The Kier molecular flexibility index (Phi) is 5.24. The summed E-state index contributed by atoms with van der Waals surface area (Å²) in [6, 6.07) is 6.26. The third-order valence-electron chi connectivity index (χ3n) is 5.25. The first-order valence-electron chi connectivity index (χ1n) is 8.93. The lowest BCUT2D eigenvalue weighted by molar-refractivity contribution is 0.193. The largest absolute Gasteiger partial charge is 0.491 e. The van der Waals surface area contributed by atoms with Crippen molar-refractivity contribution in [3.05, 3.63) is 29.3 Å². The standard InChI is InChI=1S/C19H30N2O2/c1-15(2)23-18-4-3-16(11-17(18)13-22)12-21-10-7-19(14-21)5-8-20-9-6-19/h3-4,11,15,20,22H,5-10,12-14H2,1-2H3. The normalized spacial score (nSPS) is 21.2. The van der Waals surface area contributed by atoms with E-state index in [9.17, 15) is 5.11 Å². The van der Waals surface area contributed by atoms with Gasteiger partial charge in [0.1, 0.15) is 5.75 Å². The number of hydrogen-bond donors (Lipinski definition) is 2. The molecule has 1 spiro atoms. The van der Waals surface area contributed by atoms with E-state index in [0.29, 0.717) is 5.41 Å². The fraction of sp³-hybridized carbons (Fsp3) is 0.684. The Labute approximate surface area is 139 Å². The van der Waals surface area contributed by atoms with Gasteiger partial charge in [-0.05, 0) is 75.9 Å². The second kappa shape index (κ2) is 7.20. The number of piperidine rings is 1. The van der Waals surface area contributed by atoms with Crippen LogP contribution >= 0.6 is 0 Å². The van der Waals surface area contributed by atoms with Crippen molar-refractivity contribution in [2.75, 3.05) is 26.2 Å². The van der Waals surface area contributed by atoms with Gasteiger partial charge in [-0.15, -0.1) is 0 Å². The maximum Gasteiger partial charge on any atom is 0.125 e. The van der Waals surface area contributed by atoms with Crippen molar-refractivity contribution in [3.63, 3.8) is 0 Å². The smallest absolute Gasteiger partial charge is 0.125 e. The summed E-state index contributed by atoms with van der Waals surface area (Å²) in [5.41, 5.74) is 2.72. The summed E-state index contributed by atoms with van der Waals surface area (Å²) in [6.45, 7) is 9.78. The Morgan fingerprint density at radius 3 is 2.74 bits per heavy atom. The molecule has 2 fully saturated rings. The third-order valence-corrected chi connectivity index (χ3v) is 5.25. The Morgan fingerprint density at radius 1 is 1.26 bits per heavy atom. The Balaban J connectivity index is 1.64. The van der Waals surface area contributed by atoms with E-state index in [1.165, 1.54) is 51.0 Å². The monoisotopic (exact) mass is 318 g/mol. The van der Waals surface area contributed by atoms with Crippen molar-refractivity contribution in [3.8, 4) is 5.75 Å². The van der Waals surface area contributed by atoms with Crippen LogP contribution < -0.4 is 10.1 Å². The second-order valence-electron chi connectivity index (χ2n) is 7.48. The van der Waals surface area contributed by atoms with Crippen LogP contribution in [-0.4, -0.2) is 42.3 Å². The Hall–Kier alpha value is -1.10.